The van der Waals surface area contributed by atoms with Gasteiger partial charge in [-0.05, 0) is 42.8 Å². The molecule has 2 aromatic carbocycles. The van der Waals surface area contributed by atoms with E-state index >= 15 is 0 Å². The number of nitrogens with zero attached hydrogens (tertiary/aromatic N) is 2. The average molecular weight is 347 g/mol. The fraction of sp³-hybridized carbons (Fsp3) is 0.227. The summed E-state index contributed by atoms with van der Waals surface area (Å²) in [6.07, 6.45) is 2.51. The zero-order valence-electron chi connectivity index (χ0n) is 15.1. The van der Waals surface area contributed by atoms with Crippen molar-refractivity contribution in [3.05, 3.63) is 84.1 Å². The van der Waals surface area contributed by atoms with Gasteiger partial charge in [-0.2, -0.15) is 0 Å². The van der Waals surface area contributed by atoms with Crippen LogP contribution in [0.4, 0.5) is 11.5 Å². The van der Waals surface area contributed by atoms with Crippen LogP contribution in [0.3, 0.4) is 0 Å². The molecule has 0 fully saturated rings. The van der Waals surface area contributed by atoms with Crippen molar-refractivity contribution in [1.82, 2.24) is 0 Å². The van der Waals surface area contributed by atoms with Gasteiger partial charge < -0.3 is 9.84 Å². The Kier molecular flexibility index (Phi) is 4.13. The van der Waals surface area contributed by atoms with Crippen molar-refractivity contribution in [3.63, 3.8) is 0 Å². The van der Waals surface area contributed by atoms with Crippen molar-refractivity contribution in [2.24, 2.45) is 0 Å². The second kappa shape index (κ2) is 6.46. The molecule has 0 spiro atoms. The Balaban J connectivity index is 1.70. The number of methoxy groups -OCH3 is 1. The van der Waals surface area contributed by atoms with Gasteiger partial charge in [0.25, 0.3) is 11.5 Å². The molecule has 132 valence electrons. The SMILES string of the molecule is COc1ccc(N2C[C@@](O)(Cc3ccc(C)cc3)[n+]3ccccc32)cc1. The van der Waals surface area contributed by atoms with E-state index in [0.29, 0.717) is 13.0 Å². The lowest BCUT2D eigenvalue weighted by molar-refractivity contribution is -0.782. The molecule has 1 N–H and O–H groups in total. The number of aliphatic hydroxyl groups is 1. The zero-order chi connectivity index (χ0) is 18.1. The number of anilines is 2. The Labute approximate surface area is 153 Å². The molecule has 1 atom stereocenters. The lowest BCUT2D eigenvalue weighted by Gasteiger charge is -2.19. The Morgan fingerprint density at radius 1 is 1.04 bits per heavy atom. The highest BCUT2D eigenvalue weighted by molar-refractivity contribution is 5.60. The monoisotopic (exact) mass is 347 g/mol. The third-order valence-electron chi connectivity index (χ3n) is 4.97. The second-order valence-electron chi connectivity index (χ2n) is 6.86. The van der Waals surface area contributed by atoms with Gasteiger partial charge in [0.1, 0.15) is 11.4 Å². The average Bonchev–Trinajstić information content (AvgIpc) is 2.97. The van der Waals surface area contributed by atoms with Crippen LogP contribution in [-0.4, -0.2) is 18.8 Å². The normalized spacial score (nSPS) is 18.7. The van der Waals surface area contributed by atoms with Gasteiger partial charge in [0.2, 0.25) is 0 Å². The Hall–Kier alpha value is -2.85. The van der Waals surface area contributed by atoms with Crippen LogP contribution < -0.4 is 14.2 Å². The van der Waals surface area contributed by atoms with E-state index in [2.05, 4.69) is 36.1 Å². The molecule has 1 aromatic heterocycles. The maximum absolute atomic E-state index is 11.5. The summed E-state index contributed by atoms with van der Waals surface area (Å²) in [6.45, 7) is 2.57. The van der Waals surface area contributed by atoms with E-state index in [0.717, 1.165) is 22.8 Å². The highest BCUT2D eigenvalue weighted by atomic mass is 16.5. The predicted molar refractivity (Wildman–Crippen MR) is 102 cm³/mol. The molecule has 0 saturated carbocycles. The molecule has 3 aromatic rings. The summed E-state index contributed by atoms with van der Waals surface area (Å²) in [5.74, 6) is 1.80. The molecule has 4 heteroatoms. The molecule has 4 nitrogen and oxygen atoms in total. The first kappa shape index (κ1) is 16.6. The molecule has 2 heterocycles. The van der Waals surface area contributed by atoms with Gasteiger partial charge in [-0.25, -0.2) is 9.47 Å². The lowest BCUT2D eigenvalue weighted by atomic mass is 10.0. The molecule has 1 aliphatic heterocycles. The van der Waals surface area contributed by atoms with Gasteiger partial charge >= 0.3 is 0 Å². The van der Waals surface area contributed by atoms with E-state index in [1.54, 1.807) is 7.11 Å². The predicted octanol–water partition coefficient (Wildman–Crippen LogP) is 3.33. The summed E-state index contributed by atoms with van der Waals surface area (Å²) in [4.78, 5) is 2.15. The molecule has 0 bridgehead atoms. The Morgan fingerprint density at radius 3 is 2.46 bits per heavy atom. The molecule has 0 radical (unpaired) electrons. The first-order valence-corrected chi connectivity index (χ1v) is 8.80. The quantitative estimate of drug-likeness (QED) is 0.736. The summed E-state index contributed by atoms with van der Waals surface area (Å²) in [7, 11) is 1.66. The van der Waals surface area contributed by atoms with Crippen LogP contribution in [-0.2, 0) is 12.1 Å². The minimum absolute atomic E-state index is 0.497. The van der Waals surface area contributed by atoms with Crippen molar-refractivity contribution in [3.8, 4) is 5.75 Å². The highest BCUT2D eigenvalue weighted by Crippen LogP contribution is 2.33. The lowest BCUT2D eigenvalue weighted by Crippen LogP contribution is -2.56. The molecule has 1 aliphatic rings. The molecular formula is C22H23N2O2+. The summed E-state index contributed by atoms with van der Waals surface area (Å²) >= 11 is 0. The number of aromatic nitrogens is 1. The number of ether oxygens (including phenoxy) is 1. The zero-order valence-corrected chi connectivity index (χ0v) is 15.1. The summed E-state index contributed by atoms with van der Waals surface area (Å²) in [5, 5.41) is 11.5. The van der Waals surface area contributed by atoms with Crippen molar-refractivity contribution in [1.29, 1.82) is 0 Å². The standard InChI is InChI=1S/C22H23N2O2/c1-17-6-8-18(9-7-17)15-22(25)16-23(21-5-3-4-14-24(21)22)19-10-12-20(26-2)13-11-19/h3-14,25H,15-16H2,1-2H3/q+1/t22-/m0/s1. The number of pyridine rings is 1. The first-order chi connectivity index (χ1) is 12.6. The highest BCUT2D eigenvalue weighted by Gasteiger charge is 2.48. The molecule has 0 aliphatic carbocycles. The third kappa shape index (κ3) is 2.93. The number of rotatable bonds is 4. The number of hydrogen-bond acceptors (Lipinski definition) is 3. The molecule has 26 heavy (non-hydrogen) atoms. The maximum Gasteiger partial charge on any atom is 0.284 e. The van der Waals surface area contributed by atoms with Gasteiger partial charge in [-0.1, -0.05) is 35.9 Å². The molecular weight excluding hydrogens is 324 g/mol. The van der Waals surface area contributed by atoms with Crippen LogP contribution in [0.25, 0.3) is 0 Å². The van der Waals surface area contributed by atoms with E-state index in [4.69, 9.17) is 4.74 Å². The minimum Gasteiger partial charge on any atom is -0.497 e. The van der Waals surface area contributed by atoms with Crippen molar-refractivity contribution in [2.45, 2.75) is 19.1 Å². The van der Waals surface area contributed by atoms with Crippen LogP contribution in [0.5, 0.6) is 5.75 Å². The van der Waals surface area contributed by atoms with Crippen LogP contribution in [0.15, 0.2) is 72.9 Å². The summed E-state index contributed by atoms with van der Waals surface area (Å²) in [5.41, 5.74) is 2.38. The molecule has 4 rings (SSSR count). The van der Waals surface area contributed by atoms with E-state index in [9.17, 15) is 5.11 Å². The third-order valence-corrected chi connectivity index (χ3v) is 4.97. The molecule has 0 saturated heterocycles. The van der Waals surface area contributed by atoms with E-state index in [1.807, 2.05) is 53.2 Å². The number of benzene rings is 2. The van der Waals surface area contributed by atoms with Crippen molar-refractivity contribution in [2.75, 3.05) is 18.6 Å². The minimum atomic E-state index is -0.994. The van der Waals surface area contributed by atoms with Gasteiger partial charge in [0.05, 0.1) is 13.3 Å². The summed E-state index contributed by atoms with van der Waals surface area (Å²) in [6, 6.07) is 22.3. The number of aryl methyl sites for hydroxylation is 1. The topological polar surface area (TPSA) is 36.6 Å². The van der Waals surface area contributed by atoms with Gasteiger partial charge in [0, 0.05) is 12.5 Å². The van der Waals surface area contributed by atoms with Crippen LogP contribution in [0.2, 0.25) is 0 Å². The number of β-amino-alcohol motifs (C(OH)–C–C–N with tert-alkyl or cyclic N) is 1. The molecule has 0 amide bonds. The fourth-order valence-corrected chi connectivity index (χ4v) is 3.58. The fourth-order valence-electron chi connectivity index (χ4n) is 3.58. The first-order valence-electron chi connectivity index (χ1n) is 8.80. The number of hydrogen-bond donors (Lipinski definition) is 1. The Bertz CT molecular complexity index is 906. The van der Waals surface area contributed by atoms with Crippen LogP contribution >= 0.6 is 0 Å². The largest absolute Gasteiger partial charge is 0.497 e. The smallest absolute Gasteiger partial charge is 0.284 e. The van der Waals surface area contributed by atoms with Gasteiger partial charge in [0.15, 0.2) is 6.54 Å². The van der Waals surface area contributed by atoms with Crippen molar-refractivity contribution < 1.29 is 14.4 Å². The number of fused-ring (bicyclic) bond motifs is 1. The van der Waals surface area contributed by atoms with E-state index < -0.39 is 5.72 Å². The summed E-state index contributed by atoms with van der Waals surface area (Å²) < 4.78 is 7.23. The second-order valence-corrected chi connectivity index (χ2v) is 6.86. The van der Waals surface area contributed by atoms with Crippen molar-refractivity contribution >= 4 is 11.5 Å². The van der Waals surface area contributed by atoms with E-state index in [-0.39, 0.29) is 0 Å². The van der Waals surface area contributed by atoms with Gasteiger partial charge in [-0.3, -0.25) is 0 Å². The van der Waals surface area contributed by atoms with Crippen LogP contribution in [0.1, 0.15) is 11.1 Å². The molecule has 0 unspecified atom stereocenters. The maximum atomic E-state index is 11.5. The van der Waals surface area contributed by atoms with Gasteiger partial charge in [-0.15, -0.1) is 0 Å². The van der Waals surface area contributed by atoms with E-state index in [1.165, 1.54) is 5.56 Å². The Morgan fingerprint density at radius 2 is 1.77 bits per heavy atom. The van der Waals surface area contributed by atoms with Crippen LogP contribution in [0, 0.1) is 6.92 Å².